The molecule has 0 fully saturated rings. The molecule has 0 aromatic heterocycles. The lowest BCUT2D eigenvalue weighted by Gasteiger charge is -2.12. The third-order valence-corrected chi connectivity index (χ3v) is 5.68. The summed E-state index contributed by atoms with van der Waals surface area (Å²) in [7, 11) is 0. The lowest BCUT2D eigenvalue weighted by molar-refractivity contribution is 0.101. The molecule has 0 bridgehead atoms. The quantitative estimate of drug-likeness (QED) is 0.354. The Morgan fingerprint density at radius 2 is 0.931 bits per heavy atom. The third kappa shape index (κ3) is 3.71. The van der Waals surface area contributed by atoms with E-state index in [9.17, 15) is 9.59 Å². The summed E-state index contributed by atoms with van der Waals surface area (Å²) in [6.45, 7) is 3.24. The fraction of sp³-hybridized carbons (Fsp3) is 0.185. The van der Waals surface area contributed by atoms with Crippen LogP contribution in [0, 0.1) is 0 Å². The SMILES string of the molecule is CC(=O)c1ccc(CCCc2ccc(C(C)=O)c3ccccc23)c2ccccc12. The third-order valence-electron chi connectivity index (χ3n) is 5.68. The van der Waals surface area contributed by atoms with Crippen LogP contribution in [-0.2, 0) is 12.8 Å². The molecule has 0 saturated carbocycles. The maximum atomic E-state index is 11.9. The van der Waals surface area contributed by atoms with Gasteiger partial charge in [0.2, 0.25) is 0 Å². The summed E-state index contributed by atoms with van der Waals surface area (Å²) < 4.78 is 0. The second kappa shape index (κ2) is 8.00. The normalized spacial score (nSPS) is 11.1. The zero-order valence-electron chi connectivity index (χ0n) is 16.9. The lowest BCUT2D eigenvalue weighted by Crippen LogP contribution is -1.99. The summed E-state index contributed by atoms with van der Waals surface area (Å²) in [5.41, 5.74) is 4.12. The van der Waals surface area contributed by atoms with Crippen LogP contribution in [0.2, 0.25) is 0 Å². The van der Waals surface area contributed by atoms with Crippen LogP contribution in [0.15, 0.2) is 72.8 Å². The number of carbonyl (C=O) groups is 2. The molecule has 0 saturated heterocycles. The predicted molar refractivity (Wildman–Crippen MR) is 120 cm³/mol. The molecule has 0 heterocycles. The fourth-order valence-electron chi connectivity index (χ4n) is 4.24. The van der Waals surface area contributed by atoms with Gasteiger partial charge in [-0.3, -0.25) is 9.59 Å². The van der Waals surface area contributed by atoms with Crippen molar-refractivity contribution in [2.45, 2.75) is 33.1 Å². The number of hydrogen-bond acceptors (Lipinski definition) is 2. The van der Waals surface area contributed by atoms with Gasteiger partial charge in [0, 0.05) is 11.1 Å². The Morgan fingerprint density at radius 1 is 0.552 bits per heavy atom. The number of rotatable bonds is 6. The van der Waals surface area contributed by atoms with E-state index in [-0.39, 0.29) is 11.6 Å². The van der Waals surface area contributed by atoms with Gasteiger partial charge in [-0.15, -0.1) is 0 Å². The zero-order chi connectivity index (χ0) is 20.4. The van der Waals surface area contributed by atoms with Crippen molar-refractivity contribution in [3.05, 3.63) is 95.1 Å². The van der Waals surface area contributed by atoms with Crippen molar-refractivity contribution in [3.8, 4) is 0 Å². The topological polar surface area (TPSA) is 34.1 Å². The van der Waals surface area contributed by atoms with E-state index in [1.165, 1.54) is 11.1 Å². The van der Waals surface area contributed by atoms with E-state index < -0.39 is 0 Å². The first kappa shape index (κ1) is 19.1. The van der Waals surface area contributed by atoms with Crippen molar-refractivity contribution in [2.75, 3.05) is 0 Å². The smallest absolute Gasteiger partial charge is 0.160 e. The van der Waals surface area contributed by atoms with Gasteiger partial charge in [-0.2, -0.15) is 0 Å². The van der Waals surface area contributed by atoms with Crippen LogP contribution < -0.4 is 0 Å². The predicted octanol–water partition coefficient (Wildman–Crippen LogP) is 6.57. The van der Waals surface area contributed by atoms with Gasteiger partial charge in [-0.1, -0.05) is 72.8 Å². The minimum atomic E-state index is 0.102. The molecule has 0 amide bonds. The van der Waals surface area contributed by atoms with Gasteiger partial charge < -0.3 is 0 Å². The van der Waals surface area contributed by atoms with Crippen LogP contribution in [-0.4, -0.2) is 11.6 Å². The van der Waals surface area contributed by atoms with E-state index >= 15 is 0 Å². The van der Waals surface area contributed by atoms with Crippen LogP contribution >= 0.6 is 0 Å². The number of aryl methyl sites for hydroxylation is 2. The summed E-state index contributed by atoms with van der Waals surface area (Å²) >= 11 is 0. The van der Waals surface area contributed by atoms with E-state index in [0.717, 1.165) is 51.9 Å². The highest BCUT2D eigenvalue weighted by molar-refractivity contribution is 6.08. The maximum absolute atomic E-state index is 11.9. The molecule has 0 aliphatic carbocycles. The highest BCUT2D eigenvalue weighted by Gasteiger charge is 2.11. The van der Waals surface area contributed by atoms with Crippen LogP contribution in [0.3, 0.4) is 0 Å². The molecule has 0 spiro atoms. The van der Waals surface area contributed by atoms with Gasteiger partial charge >= 0.3 is 0 Å². The minimum Gasteiger partial charge on any atom is -0.294 e. The second-order valence-electron chi connectivity index (χ2n) is 7.60. The second-order valence-corrected chi connectivity index (χ2v) is 7.60. The van der Waals surface area contributed by atoms with E-state index in [1.807, 2.05) is 48.5 Å². The van der Waals surface area contributed by atoms with E-state index in [1.54, 1.807) is 13.8 Å². The van der Waals surface area contributed by atoms with Crippen molar-refractivity contribution < 1.29 is 9.59 Å². The summed E-state index contributed by atoms with van der Waals surface area (Å²) in [6.07, 6.45) is 2.90. The Bertz CT molecular complexity index is 1140. The van der Waals surface area contributed by atoms with E-state index in [2.05, 4.69) is 24.3 Å². The maximum Gasteiger partial charge on any atom is 0.160 e. The van der Waals surface area contributed by atoms with Crippen molar-refractivity contribution in [2.24, 2.45) is 0 Å². The molecule has 4 aromatic carbocycles. The Labute approximate surface area is 171 Å². The number of fused-ring (bicyclic) bond motifs is 2. The summed E-state index contributed by atoms with van der Waals surface area (Å²) in [6, 6.07) is 24.4. The molecule has 0 aliphatic rings. The van der Waals surface area contributed by atoms with Gasteiger partial charge in [-0.25, -0.2) is 0 Å². The Balaban J connectivity index is 1.61. The van der Waals surface area contributed by atoms with E-state index in [0.29, 0.717) is 0 Å². The first-order chi connectivity index (χ1) is 14.1. The largest absolute Gasteiger partial charge is 0.294 e. The highest BCUT2D eigenvalue weighted by atomic mass is 16.1. The molecule has 2 nitrogen and oxygen atoms in total. The van der Waals surface area contributed by atoms with Crippen LogP contribution in [0.1, 0.15) is 52.1 Å². The molecule has 144 valence electrons. The first-order valence-corrected chi connectivity index (χ1v) is 10.1. The highest BCUT2D eigenvalue weighted by Crippen LogP contribution is 2.27. The van der Waals surface area contributed by atoms with E-state index in [4.69, 9.17) is 0 Å². The first-order valence-electron chi connectivity index (χ1n) is 10.1. The number of benzene rings is 4. The average molecular weight is 380 g/mol. The van der Waals surface area contributed by atoms with Crippen LogP contribution in [0.5, 0.6) is 0 Å². The minimum absolute atomic E-state index is 0.102. The van der Waals surface area contributed by atoms with Gasteiger partial charge in [0.25, 0.3) is 0 Å². The summed E-state index contributed by atoms with van der Waals surface area (Å²) in [5, 5.41) is 4.40. The molecule has 0 aliphatic heterocycles. The molecule has 4 rings (SSSR count). The zero-order valence-corrected chi connectivity index (χ0v) is 16.9. The Morgan fingerprint density at radius 3 is 1.31 bits per heavy atom. The average Bonchev–Trinajstić information content (AvgIpc) is 2.73. The molecule has 0 atom stereocenters. The van der Waals surface area contributed by atoms with Crippen LogP contribution in [0.25, 0.3) is 21.5 Å². The standard InChI is InChI=1S/C27H24O2/c1-18(28)22-16-14-20(24-10-3-5-12-26(22)24)8-7-9-21-15-17-23(19(2)29)27-13-6-4-11-25(21)27/h3-6,10-17H,7-9H2,1-2H3. The number of carbonyl (C=O) groups excluding carboxylic acids is 2. The number of hydrogen-bond donors (Lipinski definition) is 0. The van der Waals surface area contributed by atoms with Crippen molar-refractivity contribution in [3.63, 3.8) is 0 Å². The van der Waals surface area contributed by atoms with Gasteiger partial charge in [0.1, 0.15) is 0 Å². The lowest BCUT2D eigenvalue weighted by atomic mass is 9.92. The molecule has 0 radical (unpaired) electrons. The number of Topliss-reactive ketones (excluding diaryl/α,β-unsaturated/α-hetero) is 2. The summed E-state index contributed by atoms with van der Waals surface area (Å²) in [5.74, 6) is 0.203. The Kier molecular flexibility index (Phi) is 5.26. The monoisotopic (exact) mass is 380 g/mol. The van der Waals surface area contributed by atoms with Crippen molar-refractivity contribution in [1.82, 2.24) is 0 Å². The van der Waals surface area contributed by atoms with Gasteiger partial charge in [0.15, 0.2) is 11.6 Å². The fourth-order valence-corrected chi connectivity index (χ4v) is 4.24. The van der Waals surface area contributed by atoms with Gasteiger partial charge in [-0.05, 0) is 65.8 Å². The molecule has 0 unspecified atom stereocenters. The summed E-state index contributed by atoms with van der Waals surface area (Å²) in [4.78, 5) is 23.9. The van der Waals surface area contributed by atoms with Crippen molar-refractivity contribution in [1.29, 1.82) is 0 Å². The molecule has 4 aromatic rings. The molecular formula is C27H24O2. The Hall–Kier alpha value is -3.26. The molecule has 29 heavy (non-hydrogen) atoms. The molecular weight excluding hydrogens is 356 g/mol. The number of ketones is 2. The van der Waals surface area contributed by atoms with Crippen molar-refractivity contribution >= 4 is 33.1 Å². The molecule has 0 N–H and O–H groups in total. The van der Waals surface area contributed by atoms with Gasteiger partial charge in [0.05, 0.1) is 0 Å². The molecule has 2 heteroatoms. The van der Waals surface area contributed by atoms with Crippen LogP contribution in [0.4, 0.5) is 0 Å².